The van der Waals surface area contributed by atoms with Crippen LogP contribution in [0, 0.1) is 6.92 Å². The van der Waals surface area contributed by atoms with E-state index in [0.29, 0.717) is 5.95 Å². The molecule has 1 heterocycles. The van der Waals surface area contributed by atoms with Gasteiger partial charge in [0.1, 0.15) is 5.82 Å². The maximum atomic E-state index is 4.41. The molecule has 0 saturated carbocycles. The van der Waals surface area contributed by atoms with Crippen LogP contribution in [0.4, 0.5) is 11.8 Å². The Balaban J connectivity index is 2.37. The second-order valence-electron chi connectivity index (χ2n) is 4.69. The topological polar surface area (TPSA) is 53.1 Å². The summed E-state index contributed by atoms with van der Waals surface area (Å²) >= 11 is 0. The van der Waals surface area contributed by atoms with E-state index in [9.17, 15) is 0 Å². The van der Waals surface area contributed by atoms with Crippen molar-refractivity contribution in [3.05, 3.63) is 11.8 Å². The zero-order chi connectivity index (χ0) is 13.4. The van der Waals surface area contributed by atoms with Crippen LogP contribution < -0.4 is 10.6 Å². The molecule has 0 aliphatic rings. The Morgan fingerprint density at radius 2 is 1.94 bits per heavy atom. The van der Waals surface area contributed by atoms with Crippen LogP contribution in [0.5, 0.6) is 0 Å². The third-order valence-electron chi connectivity index (χ3n) is 2.53. The fraction of sp³-hybridized carbons (Fsp3) is 0.692. The van der Waals surface area contributed by atoms with Crippen molar-refractivity contribution in [1.29, 1.82) is 0 Å². The standard InChI is InChI=1S/C13H25N5/c1-5-14-13-16-11(2)10-12(17-13)15-8-6-7-9-18(3)4/h10H,5-9H2,1-4H3,(H2,14,15,16,17). The SMILES string of the molecule is CCNc1nc(C)cc(NCCCCN(C)C)n1. The highest BCUT2D eigenvalue weighted by molar-refractivity contribution is 5.41. The van der Waals surface area contributed by atoms with E-state index in [1.807, 2.05) is 19.9 Å². The Hall–Kier alpha value is -1.36. The Morgan fingerprint density at radius 3 is 2.61 bits per heavy atom. The Labute approximate surface area is 110 Å². The molecule has 18 heavy (non-hydrogen) atoms. The fourth-order valence-electron chi connectivity index (χ4n) is 1.67. The number of unbranched alkanes of at least 4 members (excludes halogenated alkanes) is 1. The normalized spacial score (nSPS) is 10.7. The van der Waals surface area contributed by atoms with Gasteiger partial charge in [0.15, 0.2) is 0 Å². The summed E-state index contributed by atoms with van der Waals surface area (Å²) < 4.78 is 0. The molecule has 5 nitrogen and oxygen atoms in total. The molecule has 5 heteroatoms. The number of aryl methyl sites for hydroxylation is 1. The van der Waals surface area contributed by atoms with Crippen molar-refractivity contribution in [2.75, 3.05) is 44.4 Å². The number of rotatable bonds is 8. The average molecular weight is 251 g/mol. The van der Waals surface area contributed by atoms with Crippen molar-refractivity contribution in [3.8, 4) is 0 Å². The summed E-state index contributed by atoms with van der Waals surface area (Å²) in [6.07, 6.45) is 2.35. The van der Waals surface area contributed by atoms with Gasteiger partial charge < -0.3 is 15.5 Å². The van der Waals surface area contributed by atoms with E-state index in [4.69, 9.17) is 0 Å². The number of nitrogens with one attached hydrogen (secondary N) is 2. The lowest BCUT2D eigenvalue weighted by Gasteiger charge is -2.11. The predicted molar refractivity (Wildman–Crippen MR) is 77.2 cm³/mol. The minimum atomic E-state index is 0.702. The second-order valence-corrected chi connectivity index (χ2v) is 4.69. The van der Waals surface area contributed by atoms with Gasteiger partial charge in [0.2, 0.25) is 5.95 Å². The van der Waals surface area contributed by atoms with Crippen molar-refractivity contribution in [2.24, 2.45) is 0 Å². The van der Waals surface area contributed by atoms with Crippen LogP contribution in [-0.4, -0.2) is 48.6 Å². The van der Waals surface area contributed by atoms with Crippen molar-refractivity contribution >= 4 is 11.8 Å². The van der Waals surface area contributed by atoms with Gasteiger partial charge >= 0.3 is 0 Å². The minimum Gasteiger partial charge on any atom is -0.370 e. The van der Waals surface area contributed by atoms with Crippen molar-refractivity contribution in [2.45, 2.75) is 26.7 Å². The molecule has 1 rings (SSSR count). The number of hydrogen-bond acceptors (Lipinski definition) is 5. The first-order chi connectivity index (χ1) is 8.61. The zero-order valence-corrected chi connectivity index (χ0v) is 12.0. The van der Waals surface area contributed by atoms with Crippen LogP contribution in [0.3, 0.4) is 0 Å². The molecule has 0 aliphatic heterocycles. The average Bonchev–Trinajstić information content (AvgIpc) is 2.28. The van der Waals surface area contributed by atoms with Crippen LogP contribution in [0.2, 0.25) is 0 Å². The van der Waals surface area contributed by atoms with Crippen molar-refractivity contribution in [1.82, 2.24) is 14.9 Å². The van der Waals surface area contributed by atoms with E-state index >= 15 is 0 Å². The molecule has 0 radical (unpaired) electrons. The molecule has 0 bridgehead atoms. The summed E-state index contributed by atoms with van der Waals surface area (Å²) in [5, 5.41) is 6.48. The van der Waals surface area contributed by atoms with E-state index in [0.717, 1.165) is 37.6 Å². The molecule has 1 aromatic heterocycles. The minimum absolute atomic E-state index is 0.702. The maximum absolute atomic E-state index is 4.41. The highest BCUT2D eigenvalue weighted by atomic mass is 15.1. The molecule has 0 amide bonds. The van der Waals surface area contributed by atoms with Gasteiger partial charge in [-0.1, -0.05) is 0 Å². The van der Waals surface area contributed by atoms with E-state index in [1.165, 1.54) is 6.42 Å². The number of aromatic nitrogens is 2. The number of nitrogens with zero attached hydrogens (tertiary/aromatic N) is 3. The van der Waals surface area contributed by atoms with Crippen molar-refractivity contribution in [3.63, 3.8) is 0 Å². The Morgan fingerprint density at radius 1 is 1.17 bits per heavy atom. The molecule has 2 N–H and O–H groups in total. The Kier molecular flexibility index (Phi) is 6.43. The van der Waals surface area contributed by atoms with Gasteiger partial charge in [0, 0.05) is 24.8 Å². The number of hydrogen-bond donors (Lipinski definition) is 2. The lowest BCUT2D eigenvalue weighted by molar-refractivity contribution is 0.396. The Bertz CT molecular complexity index is 351. The molecule has 0 fully saturated rings. The van der Waals surface area contributed by atoms with Crippen LogP contribution >= 0.6 is 0 Å². The van der Waals surface area contributed by atoms with Gasteiger partial charge in [-0.15, -0.1) is 0 Å². The van der Waals surface area contributed by atoms with E-state index in [2.05, 4.69) is 39.6 Å². The summed E-state index contributed by atoms with van der Waals surface area (Å²) in [7, 11) is 4.20. The third kappa shape index (κ3) is 5.82. The smallest absolute Gasteiger partial charge is 0.224 e. The summed E-state index contributed by atoms with van der Waals surface area (Å²) in [5.41, 5.74) is 0.983. The van der Waals surface area contributed by atoms with Crippen LogP contribution in [-0.2, 0) is 0 Å². The van der Waals surface area contributed by atoms with Gasteiger partial charge in [0.05, 0.1) is 0 Å². The van der Waals surface area contributed by atoms with Crippen molar-refractivity contribution < 1.29 is 0 Å². The first-order valence-electron chi connectivity index (χ1n) is 6.60. The van der Waals surface area contributed by atoms with Gasteiger partial charge in [-0.2, -0.15) is 4.98 Å². The number of anilines is 2. The molecule has 0 atom stereocenters. The monoisotopic (exact) mass is 251 g/mol. The van der Waals surface area contributed by atoms with Crippen LogP contribution in [0.25, 0.3) is 0 Å². The largest absolute Gasteiger partial charge is 0.370 e. The quantitative estimate of drug-likeness (QED) is 0.692. The third-order valence-corrected chi connectivity index (χ3v) is 2.53. The van der Waals surface area contributed by atoms with Gasteiger partial charge in [-0.05, 0) is 47.3 Å². The molecule has 0 aromatic carbocycles. The highest BCUT2D eigenvalue weighted by Gasteiger charge is 2.00. The molecule has 102 valence electrons. The van der Waals surface area contributed by atoms with E-state index in [1.54, 1.807) is 0 Å². The van der Waals surface area contributed by atoms with E-state index in [-0.39, 0.29) is 0 Å². The second kappa shape index (κ2) is 7.87. The summed E-state index contributed by atoms with van der Waals surface area (Å²) in [6, 6.07) is 1.98. The molecular weight excluding hydrogens is 226 g/mol. The first kappa shape index (κ1) is 14.7. The van der Waals surface area contributed by atoms with Gasteiger partial charge in [-0.25, -0.2) is 4.98 Å². The lowest BCUT2D eigenvalue weighted by Crippen LogP contribution is -2.14. The molecule has 0 unspecified atom stereocenters. The summed E-state index contributed by atoms with van der Waals surface area (Å²) in [6.45, 7) is 6.95. The predicted octanol–water partition coefficient (Wildman–Crippen LogP) is 1.97. The zero-order valence-electron chi connectivity index (χ0n) is 12.0. The fourth-order valence-corrected chi connectivity index (χ4v) is 1.67. The van der Waals surface area contributed by atoms with E-state index < -0.39 is 0 Å². The lowest BCUT2D eigenvalue weighted by atomic mass is 10.3. The van der Waals surface area contributed by atoms with Crippen LogP contribution in [0.1, 0.15) is 25.5 Å². The molecule has 0 aliphatic carbocycles. The molecule has 0 saturated heterocycles. The maximum Gasteiger partial charge on any atom is 0.224 e. The molecular formula is C13H25N5. The first-order valence-corrected chi connectivity index (χ1v) is 6.60. The summed E-state index contributed by atoms with van der Waals surface area (Å²) in [5.74, 6) is 1.61. The van der Waals surface area contributed by atoms with Crippen LogP contribution in [0.15, 0.2) is 6.07 Å². The van der Waals surface area contributed by atoms with Gasteiger partial charge in [0.25, 0.3) is 0 Å². The highest BCUT2D eigenvalue weighted by Crippen LogP contribution is 2.09. The molecule has 1 aromatic rings. The summed E-state index contributed by atoms with van der Waals surface area (Å²) in [4.78, 5) is 10.9. The molecule has 0 spiro atoms. The van der Waals surface area contributed by atoms with Gasteiger partial charge in [-0.3, -0.25) is 0 Å².